The molecule has 4 aromatic rings. The van der Waals surface area contributed by atoms with Crippen molar-refractivity contribution in [2.24, 2.45) is 0 Å². The van der Waals surface area contributed by atoms with Crippen LogP contribution in [0.1, 0.15) is 48.8 Å². The Morgan fingerprint density at radius 2 is 2.00 bits per heavy atom. The predicted molar refractivity (Wildman–Crippen MR) is 104 cm³/mol. The van der Waals surface area contributed by atoms with Gasteiger partial charge in [0.15, 0.2) is 11.5 Å². The number of rotatable bonds is 5. The molecule has 2 N–H and O–H groups in total. The van der Waals surface area contributed by atoms with Crippen LogP contribution in [0.5, 0.6) is 0 Å². The lowest BCUT2D eigenvalue weighted by molar-refractivity contribution is 0.626. The molecule has 0 amide bonds. The van der Waals surface area contributed by atoms with Crippen molar-refractivity contribution in [3.05, 3.63) is 59.4 Å². The van der Waals surface area contributed by atoms with E-state index in [0.717, 1.165) is 22.9 Å². The van der Waals surface area contributed by atoms with Gasteiger partial charge in [-0.25, -0.2) is 14.4 Å². The molecule has 1 unspecified atom stereocenters. The zero-order valence-corrected chi connectivity index (χ0v) is 15.6. The first kappa shape index (κ1) is 16.9. The first-order chi connectivity index (χ1) is 13.6. The molecule has 8 heteroatoms. The molecule has 1 atom stereocenters. The fourth-order valence-electron chi connectivity index (χ4n) is 3.40. The second-order valence-corrected chi connectivity index (χ2v) is 7.27. The Hall–Kier alpha value is -3.29. The Morgan fingerprint density at radius 1 is 1.21 bits per heavy atom. The average molecular weight is 377 g/mol. The third-order valence-electron chi connectivity index (χ3n) is 5.11. The molecule has 0 aliphatic heterocycles. The molecule has 0 radical (unpaired) electrons. The molecule has 1 fully saturated rings. The van der Waals surface area contributed by atoms with Gasteiger partial charge in [-0.05, 0) is 44.4 Å². The number of aromatic amines is 1. The van der Waals surface area contributed by atoms with Gasteiger partial charge in [0.1, 0.15) is 17.2 Å². The monoisotopic (exact) mass is 377 g/mol. The van der Waals surface area contributed by atoms with Crippen LogP contribution in [0.3, 0.4) is 0 Å². The first-order valence-electron chi connectivity index (χ1n) is 9.38. The van der Waals surface area contributed by atoms with E-state index in [1.807, 2.05) is 18.4 Å². The van der Waals surface area contributed by atoms with Crippen LogP contribution >= 0.6 is 0 Å². The normalized spacial score (nSPS) is 15.1. The number of nitrogens with zero attached hydrogens (tertiary/aromatic N) is 5. The molecule has 142 valence electrons. The van der Waals surface area contributed by atoms with Gasteiger partial charge in [-0.15, -0.1) is 0 Å². The van der Waals surface area contributed by atoms with Gasteiger partial charge in [-0.3, -0.25) is 9.67 Å². The van der Waals surface area contributed by atoms with Crippen LogP contribution in [-0.4, -0.2) is 29.7 Å². The zero-order valence-electron chi connectivity index (χ0n) is 15.6. The Kier molecular flexibility index (Phi) is 3.85. The topological polar surface area (TPSA) is 84.3 Å². The fourth-order valence-corrected chi connectivity index (χ4v) is 3.40. The van der Waals surface area contributed by atoms with E-state index in [4.69, 9.17) is 0 Å². The van der Waals surface area contributed by atoms with E-state index in [1.54, 1.807) is 18.3 Å². The summed E-state index contributed by atoms with van der Waals surface area (Å²) in [7, 11) is 0. The van der Waals surface area contributed by atoms with Crippen molar-refractivity contribution in [3.8, 4) is 5.82 Å². The largest absolute Gasteiger partial charge is 0.348 e. The van der Waals surface area contributed by atoms with E-state index in [2.05, 4.69) is 36.5 Å². The molecule has 5 rings (SSSR count). The van der Waals surface area contributed by atoms with Crippen molar-refractivity contribution in [1.29, 1.82) is 0 Å². The van der Waals surface area contributed by atoms with Crippen molar-refractivity contribution < 1.29 is 4.39 Å². The minimum Gasteiger partial charge on any atom is -0.348 e. The van der Waals surface area contributed by atoms with Gasteiger partial charge in [0.05, 0.1) is 12.2 Å². The third-order valence-corrected chi connectivity index (χ3v) is 5.11. The highest BCUT2D eigenvalue weighted by Gasteiger charge is 2.26. The minimum absolute atomic E-state index is 0.0672. The van der Waals surface area contributed by atoms with E-state index < -0.39 is 0 Å². The van der Waals surface area contributed by atoms with Crippen molar-refractivity contribution in [3.63, 3.8) is 0 Å². The van der Waals surface area contributed by atoms with Crippen LogP contribution in [-0.2, 0) is 0 Å². The summed E-state index contributed by atoms with van der Waals surface area (Å²) < 4.78 is 15.1. The molecule has 3 heterocycles. The molecule has 1 aliphatic rings. The Bertz CT molecular complexity index is 1140. The molecule has 1 saturated carbocycles. The van der Waals surface area contributed by atoms with Crippen LogP contribution in [0.2, 0.25) is 0 Å². The highest BCUT2D eigenvalue weighted by atomic mass is 19.1. The summed E-state index contributed by atoms with van der Waals surface area (Å²) in [6, 6.07) is 8.41. The summed E-state index contributed by atoms with van der Waals surface area (Å²) in [5.74, 6) is 2.43. The van der Waals surface area contributed by atoms with Crippen LogP contribution < -0.4 is 5.32 Å². The molecule has 0 saturated heterocycles. The average Bonchev–Trinajstić information content (AvgIpc) is 3.33. The summed E-state index contributed by atoms with van der Waals surface area (Å²) in [5.41, 5.74) is 3.54. The van der Waals surface area contributed by atoms with Gasteiger partial charge in [0, 0.05) is 17.7 Å². The first-order valence-corrected chi connectivity index (χ1v) is 9.38. The summed E-state index contributed by atoms with van der Waals surface area (Å²) in [6.45, 7) is 3.92. The van der Waals surface area contributed by atoms with Crippen molar-refractivity contribution in [1.82, 2.24) is 29.7 Å². The fraction of sp³-hybridized carbons (Fsp3) is 0.300. The maximum atomic E-state index is 13.2. The maximum absolute atomic E-state index is 13.2. The van der Waals surface area contributed by atoms with Crippen LogP contribution in [0.4, 0.5) is 10.3 Å². The number of hydrogen-bond donors (Lipinski definition) is 2. The van der Waals surface area contributed by atoms with E-state index in [1.165, 1.54) is 25.0 Å². The number of fused-ring (bicyclic) bond motifs is 1. The Balaban J connectivity index is 1.48. The lowest BCUT2D eigenvalue weighted by Gasteiger charge is -2.14. The zero-order chi connectivity index (χ0) is 19.3. The summed E-state index contributed by atoms with van der Waals surface area (Å²) >= 11 is 0. The smallest absolute Gasteiger partial charge is 0.225 e. The molecule has 7 nitrogen and oxygen atoms in total. The van der Waals surface area contributed by atoms with Gasteiger partial charge in [0.25, 0.3) is 0 Å². The van der Waals surface area contributed by atoms with Crippen LogP contribution in [0.15, 0.2) is 36.5 Å². The molecule has 0 bridgehead atoms. The molecular formula is C20H20FN7. The molecule has 0 spiro atoms. The number of imidazole rings is 1. The highest BCUT2D eigenvalue weighted by Crippen LogP contribution is 2.39. The molecule has 3 aromatic heterocycles. The SMILES string of the molecule is Cc1nc2cnc(NC(C)c3ccc(F)cc3)nc2n1-c1cc(C2CC2)[nH]n1. The number of benzene rings is 1. The number of anilines is 1. The minimum atomic E-state index is -0.252. The molecule has 28 heavy (non-hydrogen) atoms. The lowest BCUT2D eigenvalue weighted by atomic mass is 10.1. The number of hydrogen-bond acceptors (Lipinski definition) is 5. The number of aryl methyl sites for hydroxylation is 1. The second-order valence-electron chi connectivity index (χ2n) is 7.27. The van der Waals surface area contributed by atoms with Gasteiger partial charge >= 0.3 is 0 Å². The highest BCUT2D eigenvalue weighted by molar-refractivity contribution is 5.74. The Labute approximate surface area is 161 Å². The molecule has 1 aliphatic carbocycles. The van der Waals surface area contributed by atoms with Gasteiger partial charge in [-0.1, -0.05) is 12.1 Å². The summed E-state index contributed by atoms with van der Waals surface area (Å²) in [4.78, 5) is 13.6. The number of nitrogens with one attached hydrogen (secondary N) is 2. The third kappa shape index (κ3) is 3.00. The molecule has 1 aromatic carbocycles. The quantitative estimate of drug-likeness (QED) is 0.548. The Morgan fingerprint density at radius 3 is 2.75 bits per heavy atom. The number of aromatic nitrogens is 6. The number of halogens is 1. The van der Waals surface area contributed by atoms with Gasteiger partial charge in [0.2, 0.25) is 5.95 Å². The van der Waals surface area contributed by atoms with Crippen molar-refractivity contribution >= 4 is 17.1 Å². The van der Waals surface area contributed by atoms with Gasteiger partial charge < -0.3 is 5.32 Å². The summed E-state index contributed by atoms with van der Waals surface area (Å²) in [5, 5.41) is 10.9. The maximum Gasteiger partial charge on any atom is 0.225 e. The van der Waals surface area contributed by atoms with Crippen molar-refractivity contribution in [2.45, 2.75) is 38.6 Å². The van der Waals surface area contributed by atoms with Gasteiger partial charge in [-0.2, -0.15) is 10.1 Å². The number of H-pyrrole nitrogens is 1. The van der Waals surface area contributed by atoms with Crippen LogP contribution in [0.25, 0.3) is 17.0 Å². The standard InChI is InChI=1S/C20H20FN7/c1-11(13-5-7-15(21)8-6-13)23-20-22-10-17-19(25-20)28(12(2)24-17)18-9-16(26-27-18)14-3-4-14/h5-11,14H,3-4H2,1-2H3,(H,26,27)(H,22,23,25). The summed E-state index contributed by atoms with van der Waals surface area (Å²) in [6.07, 6.45) is 4.13. The predicted octanol–water partition coefficient (Wildman–Crippen LogP) is 4.04. The van der Waals surface area contributed by atoms with E-state index >= 15 is 0 Å². The van der Waals surface area contributed by atoms with E-state index in [9.17, 15) is 4.39 Å². The lowest BCUT2D eigenvalue weighted by Crippen LogP contribution is -2.10. The van der Waals surface area contributed by atoms with Crippen molar-refractivity contribution in [2.75, 3.05) is 5.32 Å². The second kappa shape index (κ2) is 6.40. The van der Waals surface area contributed by atoms with E-state index in [-0.39, 0.29) is 11.9 Å². The molecular weight excluding hydrogens is 357 g/mol. The van der Waals surface area contributed by atoms with E-state index in [0.29, 0.717) is 23.0 Å². The van der Waals surface area contributed by atoms with Crippen LogP contribution in [0, 0.1) is 12.7 Å².